The molecule has 0 aromatic carbocycles. The van der Waals surface area contributed by atoms with E-state index in [1.807, 2.05) is 13.8 Å². The third kappa shape index (κ3) is 4.22. The standard InChI is InChI=1S/C13H19NO3S/c1-3-5-11-7-13(9-14-8-11)18(16,17)10-12(15)6-4-2/h7-9H,3-6,10H2,1-2H3. The molecule has 1 heterocycles. The second kappa shape index (κ2) is 6.64. The first-order valence-corrected chi connectivity index (χ1v) is 7.83. The van der Waals surface area contributed by atoms with E-state index in [1.165, 1.54) is 6.20 Å². The van der Waals surface area contributed by atoms with Crippen LogP contribution in [0.5, 0.6) is 0 Å². The van der Waals surface area contributed by atoms with Crippen LogP contribution in [0.3, 0.4) is 0 Å². The van der Waals surface area contributed by atoms with E-state index < -0.39 is 15.6 Å². The zero-order chi connectivity index (χ0) is 13.6. The van der Waals surface area contributed by atoms with Gasteiger partial charge in [0.25, 0.3) is 0 Å². The molecule has 0 N–H and O–H groups in total. The first-order chi connectivity index (χ1) is 8.49. The van der Waals surface area contributed by atoms with Gasteiger partial charge in [-0.25, -0.2) is 8.42 Å². The van der Waals surface area contributed by atoms with Gasteiger partial charge in [-0.1, -0.05) is 20.3 Å². The topological polar surface area (TPSA) is 64.1 Å². The number of sulfone groups is 1. The molecule has 1 aromatic heterocycles. The quantitative estimate of drug-likeness (QED) is 0.761. The maximum Gasteiger partial charge on any atom is 0.186 e. The minimum atomic E-state index is -3.53. The van der Waals surface area contributed by atoms with Gasteiger partial charge < -0.3 is 0 Å². The van der Waals surface area contributed by atoms with Crippen LogP contribution in [0.25, 0.3) is 0 Å². The number of nitrogens with zero attached hydrogens (tertiary/aromatic N) is 1. The summed E-state index contributed by atoms with van der Waals surface area (Å²) in [4.78, 5) is 15.5. The van der Waals surface area contributed by atoms with Crippen molar-refractivity contribution >= 4 is 15.6 Å². The van der Waals surface area contributed by atoms with E-state index in [2.05, 4.69) is 4.98 Å². The van der Waals surface area contributed by atoms with Crippen LogP contribution < -0.4 is 0 Å². The molecule has 0 unspecified atom stereocenters. The number of aryl methyl sites for hydroxylation is 1. The number of Topliss-reactive ketones (excluding diaryl/α,β-unsaturated/α-hetero) is 1. The number of carbonyl (C=O) groups excluding carboxylic acids is 1. The Kier molecular flexibility index (Phi) is 5.47. The highest BCUT2D eigenvalue weighted by atomic mass is 32.2. The van der Waals surface area contributed by atoms with Crippen LogP contribution in [-0.4, -0.2) is 24.9 Å². The number of ketones is 1. The smallest absolute Gasteiger partial charge is 0.186 e. The van der Waals surface area contributed by atoms with Crippen LogP contribution in [0.15, 0.2) is 23.4 Å². The van der Waals surface area contributed by atoms with Gasteiger partial charge in [-0.2, -0.15) is 0 Å². The Balaban J connectivity index is 2.90. The number of hydrogen-bond acceptors (Lipinski definition) is 4. The van der Waals surface area contributed by atoms with Crippen LogP contribution in [0, 0.1) is 0 Å². The van der Waals surface area contributed by atoms with E-state index in [-0.39, 0.29) is 10.7 Å². The van der Waals surface area contributed by atoms with Gasteiger partial charge in [0.15, 0.2) is 9.84 Å². The summed E-state index contributed by atoms with van der Waals surface area (Å²) in [5.74, 6) is -0.656. The molecule has 0 spiro atoms. The fourth-order valence-electron chi connectivity index (χ4n) is 1.71. The van der Waals surface area contributed by atoms with Gasteiger partial charge in [0.05, 0.1) is 4.90 Å². The molecule has 0 saturated heterocycles. The Morgan fingerprint density at radius 2 is 1.94 bits per heavy atom. The van der Waals surface area contributed by atoms with Crippen molar-refractivity contribution < 1.29 is 13.2 Å². The van der Waals surface area contributed by atoms with Crippen molar-refractivity contribution in [3.63, 3.8) is 0 Å². The zero-order valence-corrected chi connectivity index (χ0v) is 11.7. The Morgan fingerprint density at radius 1 is 1.22 bits per heavy atom. The van der Waals surface area contributed by atoms with Crippen molar-refractivity contribution in [3.8, 4) is 0 Å². The Bertz CT molecular complexity index is 509. The molecule has 0 atom stereocenters. The summed E-state index contributed by atoms with van der Waals surface area (Å²) >= 11 is 0. The second-order valence-corrected chi connectivity index (χ2v) is 6.32. The lowest BCUT2D eigenvalue weighted by molar-refractivity contribution is -0.116. The van der Waals surface area contributed by atoms with Crippen LogP contribution in [0.4, 0.5) is 0 Å². The molecule has 0 bridgehead atoms. The summed E-state index contributed by atoms with van der Waals surface area (Å²) in [5.41, 5.74) is 0.890. The summed E-state index contributed by atoms with van der Waals surface area (Å²) < 4.78 is 24.0. The van der Waals surface area contributed by atoms with E-state index in [9.17, 15) is 13.2 Å². The number of carbonyl (C=O) groups is 1. The van der Waals surface area contributed by atoms with Crippen molar-refractivity contribution in [2.24, 2.45) is 0 Å². The molecule has 100 valence electrons. The molecular weight excluding hydrogens is 250 g/mol. The van der Waals surface area contributed by atoms with Crippen molar-refractivity contribution in [1.29, 1.82) is 0 Å². The SMILES string of the molecule is CCCC(=O)CS(=O)(=O)c1cncc(CCC)c1. The highest BCUT2D eigenvalue weighted by Crippen LogP contribution is 2.13. The maximum atomic E-state index is 12.0. The van der Waals surface area contributed by atoms with Crippen molar-refractivity contribution in [3.05, 3.63) is 24.0 Å². The predicted octanol–water partition coefficient (Wildman–Crippen LogP) is 2.18. The van der Waals surface area contributed by atoms with Gasteiger partial charge in [-0.3, -0.25) is 9.78 Å². The van der Waals surface area contributed by atoms with Crippen molar-refractivity contribution in [2.75, 3.05) is 5.75 Å². The normalized spacial score (nSPS) is 11.4. The molecule has 0 aliphatic carbocycles. The fourth-order valence-corrected chi connectivity index (χ4v) is 2.99. The van der Waals surface area contributed by atoms with E-state index in [0.29, 0.717) is 12.8 Å². The molecular formula is C13H19NO3S. The van der Waals surface area contributed by atoms with E-state index in [4.69, 9.17) is 0 Å². The molecule has 0 fully saturated rings. The van der Waals surface area contributed by atoms with Gasteiger partial charge in [0.1, 0.15) is 11.5 Å². The maximum absolute atomic E-state index is 12.0. The number of hydrogen-bond donors (Lipinski definition) is 0. The summed E-state index contributed by atoms with van der Waals surface area (Å²) in [6.07, 6.45) is 5.67. The molecule has 18 heavy (non-hydrogen) atoms. The molecule has 1 rings (SSSR count). The summed E-state index contributed by atoms with van der Waals surface area (Å²) in [6.45, 7) is 3.87. The largest absolute Gasteiger partial charge is 0.299 e. The Labute approximate surface area is 108 Å². The van der Waals surface area contributed by atoms with Gasteiger partial charge in [0.2, 0.25) is 0 Å². The van der Waals surface area contributed by atoms with Gasteiger partial charge in [0, 0.05) is 18.8 Å². The summed E-state index contributed by atoms with van der Waals surface area (Å²) in [6, 6.07) is 1.62. The molecule has 0 radical (unpaired) electrons. The zero-order valence-electron chi connectivity index (χ0n) is 10.8. The van der Waals surface area contributed by atoms with Gasteiger partial charge in [-0.15, -0.1) is 0 Å². The Morgan fingerprint density at radius 3 is 2.56 bits per heavy atom. The number of aromatic nitrogens is 1. The lowest BCUT2D eigenvalue weighted by Crippen LogP contribution is -2.16. The molecule has 0 aliphatic heterocycles. The van der Waals surface area contributed by atoms with E-state index in [1.54, 1.807) is 12.3 Å². The van der Waals surface area contributed by atoms with Crippen molar-refractivity contribution in [2.45, 2.75) is 44.4 Å². The average Bonchev–Trinajstić information content (AvgIpc) is 2.29. The highest BCUT2D eigenvalue weighted by Gasteiger charge is 2.19. The minimum absolute atomic E-state index is 0.151. The highest BCUT2D eigenvalue weighted by molar-refractivity contribution is 7.92. The molecule has 0 saturated carbocycles. The van der Waals surface area contributed by atoms with Crippen LogP contribution in [0.2, 0.25) is 0 Å². The fraction of sp³-hybridized carbons (Fsp3) is 0.538. The van der Waals surface area contributed by atoms with Gasteiger partial charge >= 0.3 is 0 Å². The van der Waals surface area contributed by atoms with Crippen molar-refractivity contribution in [1.82, 2.24) is 4.98 Å². The van der Waals surface area contributed by atoms with Gasteiger partial charge in [-0.05, 0) is 24.5 Å². The third-order valence-electron chi connectivity index (χ3n) is 2.55. The lowest BCUT2D eigenvalue weighted by Gasteiger charge is -2.05. The molecule has 1 aromatic rings. The predicted molar refractivity (Wildman–Crippen MR) is 70.2 cm³/mol. The molecule has 5 heteroatoms. The van der Waals surface area contributed by atoms with E-state index in [0.717, 1.165) is 18.4 Å². The van der Waals surface area contributed by atoms with Crippen LogP contribution >= 0.6 is 0 Å². The first-order valence-electron chi connectivity index (χ1n) is 6.18. The number of rotatable bonds is 7. The minimum Gasteiger partial charge on any atom is -0.299 e. The average molecular weight is 269 g/mol. The lowest BCUT2D eigenvalue weighted by atomic mass is 10.2. The summed E-state index contributed by atoms with van der Waals surface area (Å²) in [7, 11) is -3.53. The van der Waals surface area contributed by atoms with Crippen LogP contribution in [0.1, 0.15) is 38.7 Å². The second-order valence-electron chi connectivity index (χ2n) is 4.33. The molecule has 4 nitrogen and oxygen atoms in total. The Hall–Kier alpha value is -1.23. The number of pyridine rings is 1. The summed E-state index contributed by atoms with van der Waals surface area (Å²) in [5, 5.41) is 0. The first kappa shape index (κ1) is 14.8. The third-order valence-corrected chi connectivity index (χ3v) is 4.19. The molecule has 0 aliphatic rings. The monoisotopic (exact) mass is 269 g/mol. The van der Waals surface area contributed by atoms with E-state index >= 15 is 0 Å². The molecule has 0 amide bonds. The van der Waals surface area contributed by atoms with Crippen LogP contribution in [-0.2, 0) is 21.1 Å².